The van der Waals surface area contributed by atoms with Crippen LogP contribution in [0, 0.1) is 3.57 Å². The maximum Gasteiger partial charge on any atom is 0.335 e. The Labute approximate surface area is 234 Å². The Balaban J connectivity index is 1.69. The van der Waals surface area contributed by atoms with Gasteiger partial charge in [0.15, 0.2) is 23.0 Å². The number of hydrogen-bond donors (Lipinski definition) is 2. The molecule has 1 amide bonds. The topological polar surface area (TPSA) is 116 Å². The molecule has 10 heteroatoms. The van der Waals surface area contributed by atoms with Crippen molar-refractivity contribution in [2.45, 2.75) is 13.5 Å². The number of nitrogens with zero attached hydrogens (tertiary/aromatic N) is 1. The van der Waals surface area contributed by atoms with Crippen LogP contribution in [0.15, 0.2) is 72.4 Å². The van der Waals surface area contributed by atoms with E-state index in [9.17, 15) is 9.59 Å². The minimum absolute atomic E-state index is 0.211. The van der Waals surface area contributed by atoms with Crippen molar-refractivity contribution in [2.24, 2.45) is 5.10 Å². The lowest BCUT2D eigenvalue weighted by molar-refractivity contribution is 0.0696. The van der Waals surface area contributed by atoms with E-state index in [4.69, 9.17) is 24.1 Å². The van der Waals surface area contributed by atoms with Crippen LogP contribution >= 0.6 is 22.6 Å². The maximum atomic E-state index is 12.6. The maximum absolute atomic E-state index is 12.6. The third kappa shape index (κ3) is 7.72. The number of halogens is 1. The van der Waals surface area contributed by atoms with Crippen LogP contribution in [-0.4, -0.2) is 43.5 Å². The number of ether oxygens (including phenoxy) is 4. The number of carboxylic acid groups (broad SMARTS) is 1. The van der Waals surface area contributed by atoms with E-state index in [1.54, 1.807) is 42.5 Å². The normalized spacial score (nSPS) is 10.6. The molecule has 0 radical (unpaired) electrons. The molecule has 0 aliphatic rings. The van der Waals surface area contributed by atoms with Gasteiger partial charge in [0.2, 0.25) is 0 Å². The summed E-state index contributed by atoms with van der Waals surface area (Å²) in [6.07, 6.45) is 3.13. The first-order valence-corrected chi connectivity index (χ1v) is 12.6. The number of carbonyl (C=O) groups excluding carboxylic acids is 1. The second-order valence-electron chi connectivity index (χ2n) is 7.72. The van der Waals surface area contributed by atoms with Crippen molar-refractivity contribution in [2.75, 3.05) is 20.3 Å². The van der Waals surface area contributed by atoms with E-state index in [1.807, 2.05) is 13.0 Å². The number of nitrogens with one attached hydrogen (secondary N) is 1. The van der Waals surface area contributed by atoms with E-state index in [2.05, 4.69) is 39.7 Å². The molecule has 3 aromatic carbocycles. The highest BCUT2D eigenvalue weighted by Gasteiger charge is 2.14. The van der Waals surface area contributed by atoms with E-state index in [0.29, 0.717) is 47.3 Å². The van der Waals surface area contributed by atoms with Gasteiger partial charge in [-0.25, -0.2) is 10.2 Å². The standard InChI is InChI=1S/C28H27IN2O7/c1-4-12-37-23-11-10-21(15-24(23)35-3)27(32)31-30-16-19-13-22(29)26(25(14-19)36-5-2)38-17-18-6-8-20(9-7-18)28(33)34/h4,6-11,13-16H,1,5,12,17H2,2-3H3,(H,31,32)(H,33,34)/b30-16+. The first-order chi connectivity index (χ1) is 18.4. The molecule has 0 heterocycles. The first kappa shape index (κ1) is 28.5. The molecule has 0 saturated carbocycles. The number of carbonyl (C=O) groups is 2. The average molecular weight is 630 g/mol. The zero-order valence-corrected chi connectivity index (χ0v) is 23.1. The Kier molecular flexibility index (Phi) is 10.5. The number of benzene rings is 3. The minimum atomic E-state index is -0.981. The van der Waals surface area contributed by atoms with Gasteiger partial charge in [0.1, 0.15) is 13.2 Å². The molecule has 198 valence electrons. The molecule has 0 aliphatic heterocycles. The van der Waals surface area contributed by atoms with Crippen molar-refractivity contribution in [3.8, 4) is 23.0 Å². The predicted molar refractivity (Wildman–Crippen MR) is 152 cm³/mol. The molecule has 0 aliphatic carbocycles. The van der Waals surface area contributed by atoms with Gasteiger partial charge in [-0.05, 0) is 83.1 Å². The van der Waals surface area contributed by atoms with Gasteiger partial charge < -0.3 is 24.1 Å². The lowest BCUT2D eigenvalue weighted by Crippen LogP contribution is -2.17. The fourth-order valence-corrected chi connectivity index (χ4v) is 4.05. The van der Waals surface area contributed by atoms with Crippen molar-refractivity contribution in [3.05, 3.63) is 93.1 Å². The summed E-state index contributed by atoms with van der Waals surface area (Å²) in [5.74, 6) is 0.614. The van der Waals surface area contributed by atoms with Gasteiger partial charge in [-0.2, -0.15) is 5.10 Å². The van der Waals surface area contributed by atoms with Crippen molar-refractivity contribution in [1.29, 1.82) is 0 Å². The fraction of sp³-hybridized carbons (Fsp3) is 0.179. The molecule has 0 unspecified atom stereocenters. The smallest absolute Gasteiger partial charge is 0.335 e. The number of hydrogen-bond acceptors (Lipinski definition) is 7. The van der Waals surface area contributed by atoms with Crippen LogP contribution in [0.2, 0.25) is 0 Å². The summed E-state index contributed by atoms with van der Waals surface area (Å²) in [7, 11) is 1.50. The molecular weight excluding hydrogens is 603 g/mol. The monoisotopic (exact) mass is 630 g/mol. The highest BCUT2D eigenvalue weighted by Crippen LogP contribution is 2.34. The van der Waals surface area contributed by atoms with Crippen LogP contribution in [0.25, 0.3) is 0 Å². The number of methoxy groups -OCH3 is 1. The number of amides is 1. The SMILES string of the molecule is C=CCOc1ccc(C(=O)N/N=C/c2cc(I)c(OCc3ccc(C(=O)O)cc3)c(OCC)c2)cc1OC. The van der Waals surface area contributed by atoms with E-state index >= 15 is 0 Å². The second-order valence-corrected chi connectivity index (χ2v) is 8.88. The van der Waals surface area contributed by atoms with Gasteiger partial charge in [-0.15, -0.1) is 0 Å². The highest BCUT2D eigenvalue weighted by atomic mass is 127. The van der Waals surface area contributed by atoms with Crippen LogP contribution in [0.5, 0.6) is 23.0 Å². The number of hydrazone groups is 1. The Bertz CT molecular complexity index is 1320. The molecule has 0 spiro atoms. The van der Waals surface area contributed by atoms with Crippen LogP contribution in [0.4, 0.5) is 0 Å². The van der Waals surface area contributed by atoms with E-state index < -0.39 is 11.9 Å². The number of carboxylic acids is 1. The highest BCUT2D eigenvalue weighted by molar-refractivity contribution is 14.1. The van der Waals surface area contributed by atoms with Gasteiger partial charge in [0.25, 0.3) is 5.91 Å². The Morgan fingerprint density at radius 2 is 1.74 bits per heavy atom. The number of rotatable bonds is 13. The van der Waals surface area contributed by atoms with Gasteiger partial charge in [-0.1, -0.05) is 24.8 Å². The summed E-state index contributed by atoms with van der Waals surface area (Å²) >= 11 is 2.14. The van der Waals surface area contributed by atoms with Crippen molar-refractivity contribution in [3.63, 3.8) is 0 Å². The predicted octanol–water partition coefficient (Wildman–Crippen LogP) is 5.30. The molecule has 0 saturated heterocycles. The average Bonchev–Trinajstić information content (AvgIpc) is 2.91. The summed E-state index contributed by atoms with van der Waals surface area (Å²) < 4.78 is 23.4. The van der Waals surface area contributed by atoms with Crippen LogP contribution in [0.3, 0.4) is 0 Å². The first-order valence-electron chi connectivity index (χ1n) is 11.5. The molecule has 9 nitrogen and oxygen atoms in total. The third-order valence-corrected chi connectivity index (χ3v) is 5.88. The largest absolute Gasteiger partial charge is 0.493 e. The quantitative estimate of drug-likeness (QED) is 0.114. The Morgan fingerprint density at radius 1 is 1.00 bits per heavy atom. The summed E-state index contributed by atoms with van der Waals surface area (Å²) in [5, 5.41) is 13.1. The summed E-state index contributed by atoms with van der Waals surface area (Å²) in [6, 6.07) is 14.9. The Hall–Kier alpha value is -4.06. The molecule has 0 bridgehead atoms. The molecule has 3 rings (SSSR count). The molecule has 0 aromatic heterocycles. The second kappa shape index (κ2) is 14.0. The van der Waals surface area contributed by atoms with Gasteiger partial charge in [0, 0.05) is 5.56 Å². The zero-order valence-electron chi connectivity index (χ0n) is 20.9. The van der Waals surface area contributed by atoms with E-state index in [1.165, 1.54) is 25.5 Å². The van der Waals surface area contributed by atoms with E-state index in [0.717, 1.165) is 9.13 Å². The third-order valence-electron chi connectivity index (χ3n) is 5.08. The van der Waals surface area contributed by atoms with Gasteiger partial charge >= 0.3 is 5.97 Å². The van der Waals surface area contributed by atoms with Crippen molar-refractivity contribution in [1.82, 2.24) is 5.43 Å². The summed E-state index contributed by atoms with van der Waals surface area (Å²) in [5.41, 5.74) is 4.59. The molecule has 0 fully saturated rings. The summed E-state index contributed by atoms with van der Waals surface area (Å²) in [6.45, 7) is 6.45. The Morgan fingerprint density at radius 3 is 2.39 bits per heavy atom. The van der Waals surface area contributed by atoms with Crippen LogP contribution in [-0.2, 0) is 6.61 Å². The van der Waals surface area contributed by atoms with Crippen molar-refractivity contribution < 1.29 is 33.6 Å². The fourth-order valence-electron chi connectivity index (χ4n) is 3.27. The molecule has 2 N–H and O–H groups in total. The zero-order chi connectivity index (χ0) is 27.5. The minimum Gasteiger partial charge on any atom is -0.493 e. The lowest BCUT2D eigenvalue weighted by atomic mass is 10.1. The number of aromatic carboxylic acids is 1. The van der Waals surface area contributed by atoms with Crippen molar-refractivity contribution >= 4 is 40.7 Å². The molecule has 3 aromatic rings. The van der Waals surface area contributed by atoms with Gasteiger partial charge in [-0.3, -0.25) is 4.79 Å². The van der Waals surface area contributed by atoms with E-state index in [-0.39, 0.29) is 12.2 Å². The molecule has 38 heavy (non-hydrogen) atoms. The van der Waals surface area contributed by atoms with Crippen LogP contribution in [0.1, 0.15) is 38.8 Å². The summed E-state index contributed by atoms with van der Waals surface area (Å²) in [4.78, 5) is 23.6. The van der Waals surface area contributed by atoms with Gasteiger partial charge in [0.05, 0.1) is 29.1 Å². The van der Waals surface area contributed by atoms with Crippen LogP contribution < -0.4 is 24.4 Å². The molecular formula is C28H27IN2O7. The molecule has 0 atom stereocenters. The lowest BCUT2D eigenvalue weighted by Gasteiger charge is -2.15.